The van der Waals surface area contributed by atoms with Gasteiger partial charge in [-0.2, -0.15) is 0 Å². The molecule has 156 valence electrons. The number of thiazole rings is 1. The fourth-order valence-corrected chi connectivity index (χ4v) is 3.96. The fourth-order valence-electron chi connectivity index (χ4n) is 2.94. The van der Waals surface area contributed by atoms with Crippen molar-refractivity contribution in [1.82, 2.24) is 15.6 Å². The van der Waals surface area contributed by atoms with E-state index < -0.39 is 0 Å². The highest BCUT2D eigenvalue weighted by Crippen LogP contribution is 2.21. The molecule has 0 saturated carbocycles. The second-order valence-corrected chi connectivity index (χ2v) is 7.89. The Hall–Kier alpha value is -1.35. The van der Waals surface area contributed by atoms with E-state index in [0.717, 1.165) is 44.1 Å². The molecule has 0 aliphatic heterocycles. The van der Waals surface area contributed by atoms with Gasteiger partial charge in [-0.1, -0.05) is 26.0 Å². The number of benzene rings is 1. The van der Waals surface area contributed by atoms with Crippen LogP contribution in [0.4, 0.5) is 0 Å². The van der Waals surface area contributed by atoms with E-state index in [-0.39, 0.29) is 24.0 Å². The number of nitrogens with one attached hydrogen (secondary N) is 2. The molecule has 28 heavy (non-hydrogen) atoms. The maximum atomic E-state index is 5.22. The van der Waals surface area contributed by atoms with Crippen molar-refractivity contribution in [3.63, 3.8) is 0 Å². The zero-order valence-corrected chi connectivity index (χ0v) is 20.7. The molecule has 0 amide bonds. The normalized spacial score (nSPS) is 12.2. The summed E-state index contributed by atoms with van der Waals surface area (Å²) in [6.45, 7) is 8.27. The lowest BCUT2D eigenvalue weighted by molar-refractivity contribution is 0.414. The number of halogens is 1. The quantitative estimate of drug-likeness (QED) is 0.292. The van der Waals surface area contributed by atoms with Crippen LogP contribution in [-0.4, -0.2) is 38.2 Å². The van der Waals surface area contributed by atoms with Crippen LogP contribution in [-0.2, 0) is 12.8 Å². The van der Waals surface area contributed by atoms with E-state index in [4.69, 9.17) is 9.72 Å². The van der Waals surface area contributed by atoms with Gasteiger partial charge in [0.05, 0.1) is 17.8 Å². The number of hydrogen-bond acceptors (Lipinski definition) is 4. The van der Waals surface area contributed by atoms with Crippen LogP contribution >= 0.6 is 35.3 Å². The summed E-state index contributed by atoms with van der Waals surface area (Å²) in [6.07, 6.45) is 2.97. The summed E-state index contributed by atoms with van der Waals surface area (Å²) in [5, 5.41) is 7.98. The molecule has 2 aromatic rings. The van der Waals surface area contributed by atoms with Crippen molar-refractivity contribution in [2.45, 2.75) is 46.0 Å². The Labute approximate surface area is 190 Å². The van der Waals surface area contributed by atoms with Gasteiger partial charge in [-0.05, 0) is 43.4 Å². The van der Waals surface area contributed by atoms with E-state index in [1.807, 2.05) is 19.2 Å². The van der Waals surface area contributed by atoms with Crippen LogP contribution in [0.1, 0.15) is 47.3 Å². The molecule has 1 unspecified atom stereocenters. The molecule has 1 atom stereocenters. The predicted molar refractivity (Wildman–Crippen MR) is 131 cm³/mol. The van der Waals surface area contributed by atoms with Gasteiger partial charge in [0, 0.05) is 31.4 Å². The maximum Gasteiger partial charge on any atom is 0.190 e. The molecule has 0 aliphatic carbocycles. The summed E-state index contributed by atoms with van der Waals surface area (Å²) in [5.74, 6) is 2.23. The van der Waals surface area contributed by atoms with E-state index >= 15 is 0 Å². The molecule has 0 spiro atoms. The van der Waals surface area contributed by atoms with Crippen LogP contribution in [0.3, 0.4) is 0 Å². The summed E-state index contributed by atoms with van der Waals surface area (Å²) >= 11 is 1.80. The Bertz CT molecular complexity index is 731. The first-order valence-corrected chi connectivity index (χ1v) is 10.4. The number of hydrogen-bond donors (Lipinski definition) is 2. The third-order valence-electron chi connectivity index (χ3n) is 4.68. The van der Waals surface area contributed by atoms with E-state index in [2.05, 4.69) is 48.5 Å². The van der Waals surface area contributed by atoms with Gasteiger partial charge >= 0.3 is 0 Å². The molecule has 0 radical (unpaired) electrons. The van der Waals surface area contributed by atoms with Crippen molar-refractivity contribution < 1.29 is 4.74 Å². The Morgan fingerprint density at radius 3 is 2.46 bits per heavy atom. The molecule has 0 fully saturated rings. The number of guanidine groups is 1. The molecular formula is C21H33IN4OS. The van der Waals surface area contributed by atoms with Gasteiger partial charge in [-0.15, -0.1) is 35.3 Å². The van der Waals surface area contributed by atoms with Crippen LogP contribution in [0, 0.1) is 6.92 Å². The summed E-state index contributed by atoms with van der Waals surface area (Å²) in [5.41, 5.74) is 2.55. The second-order valence-electron chi connectivity index (χ2n) is 6.60. The highest BCUT2D eigenvalue weighted by Gasteiger charge is 2.08. The lowest BCUT2D eigenvalue weighted by Crippen LogP contribution is -2.39. The minimum atomic E-state index is 0. The largest absolute Gasteiger partial charge is 0.497 e. The zero-order chi connectivity index (χ0) is 19.6. The molecule has 2 rings (SSSR count). The number of aryl methyl sites for hydroxylation is 2. The monoisotopic (exact) mass is 516 g/mol. The van der Waals surface area contributed by atoms with Gasteiger partial charge in [-0.3, -0.25) is 4.99 Å². The van der Waals surface area contributed by atoms with Crippen molar-refractivity contribution in [1.29, 1.82) is 0 Å². The average Bonchev–Trinajstić information content (AvgIpc) is 3.06. The standard InChI is InChI=1S/C21H32N4OS.HI/c1-6-19-16(3)27-20(25-19)12-14-24-21(22-4)23-13-11-15(2)17-7-9-18(26-5)10-8-17;/h7-10,15H,6,11-14H2,1-5H3,(H2,22,23,24);1H. The van der Waals surface area contributed by atoms with E-state index in [1.165, 1.54) is 21.1 Å². The first-order valence-electron chi connectivity index (χ1n) is 9.61. The van der Waals surface area contributed by atoms with Gasteiger partial charge in [-0.25, -0.2) is 4.98 Å². The molecule has 0 saturated heterocycles. The van der Waals surface area contributed by atoms with Crippen LogP contribution in [0.25, 0.3) is 0 Å². The van der Waals surface area contributed by atoms with Crippen LogP contribution in [0.2, 0.25) is 0 Å². The zero-order valence-electron chi connectivity index (χ0n) is 17.5. The Balaban J connectivity index is 0.00000392. The minimum absolute atomic E-state index is 0. The summed E-state index contributed by atoms with van der Waals surface area (Å²) in [7, 11) is 3.50. The van der Waals surface area contributed by atoms with Gasteiger partial charge in [0.25, 0.3) is 0 Å². The Morgan fingerprint density at radius 1 is 1.21 bits per heavy atom. The molecule has 0 bridgehead atoms. The highest BCUT2D eigenvalue weighted by atomic mass is 127. The number of methoxy groups -OCH3 is 1. The SMILES string of the molecule is CCc1nc(CCNC(=NC)NCCC(C)c2ccc(OC)cc2)sc1C.I. The summed E-state index contributed by atoms with van der Waals surface area (Å²) < 4.78 is 5.22. The lowest BCUT2D eigenvalue weighted by Gasteiger charge is -2.15. The van der Waals surface area contributed by atoms with Gasteiger partial charge in [0.1, 0.15) is 5.75 Å². The van der Waals surface area contributed by atoms with Crippen molar-refractivity contribution in [3.8, 4) is 5.75 Å². The molecule has 1 heterocycles. The molecule has 0 aliphatic rings. The molecular weight excluding hydrogens is 483 g/mol. The second kappa shape index (κ2) is 13.0. The van der Waals surface area contributed by atoms with Crippen LogP contribution in [0.15, 0.2) is 29.3 Å². The van der Waals surface area contributed by atoms with Gasteiger partial charge in [0.2, 0.25) is 0 Å². The topological polar surface area (TPSA) is 58.5 Å². The van der Waals surface area contributed by atoms with E-state index in [0.29, 0.717) is 5.92 Å². The van der Waals surface area contributed by atoms with E-state index in [1.54, 1.807) is 18.4 Å². The summed E-state index contributed by atoms with van der Waals surface area (Å²) in [6, 6.07) is 8.31. The van der Waals surface area contributed by atoms with Crippen molar-refractivity contribution in [2.24, 2.45) is 4.99 Å². The molecule has 1 aromatic carbocycles. The van der Waals surface area contributed by atoms with Crippen molar-refractivity contribution in [3.05, 3.63) is 45.4 Å². The molecule has 1 aromatic heterocycles. The lowest BCUT2D eigenvalue weighted by atomic mass is 9.98. The molecule has 2 N–H and O–H groups in total. The predicted octanol–water partition coefficient (Wildman–Crippen LogP) is 4.54. The Morgan fingerprint density at radius 2 is 1.89 bits per heavy atom. The third kappa shape index (κ3) is 7.58. The Kier molecular flexibility index (Phi) is 11.4. The number of aliphatic imine (C=N–C) groups is 1. The van der Waals surface area contributed by atoms with E-state index in [9.17, 15) is 0 Å². The first-order chi connectivity index (χ1) is 13.1. The van der Waals surface area contributed by atoms with Gasteiger partial charge in [0.15, 0.2) is 5.96 Å². The third-order valence-corrected chi connectivity index (χ3v) is 5.75. The number of rotatable bonds is 9. The molecule has 7 heteroatoms. The number of aromatic nitrogens is 1. The van der Waals surface area contributed by atoms with Crippen LogP contribution in [0.5, 0.6) is 5.75 Å². The molecule has 5 nitrogen and oxygen atoms in total. The smallest absolute Gasteiger partial charge is 0.190 e. The first kappa shape index (κ1) is 24.7. The van der Waals surface area contributed by atoms with Crippen LogP contribution < -0.4 is 15.4 Å². The number of nitrogens with zero attached hydrogens (tertiary/aromatic N) is 2. The highest BCUT2D eigenvalue weighted by molar-refractivity contribution is 14.0. The average molecular weight is 516 g/mol. The minimum Gasteiger partial charge on any atom is -0.497 e. The fraction of sp³-hybridized carbons (Fsp3) is 0.524. The van der Waals surface area contributed by atoms with Crippen molar-refractivity contribution >= 4 is 41.3 Å². The maximum absolute atomic E-state index is 5.22. The summed E-state index contributed by atoms with van der Waals surface area (Å²) in [4.78, 5) is 10.3. The number of ether oxygens (including phenoxy) is 1. The van der Waals surface area contributed by atoms with Crippen molar-refractivity contribution in [2.75, 3.05) is 27.2 Å². The van der Waals surface area contributed by atoms with Gasteiger partial charge < -0.3 is 15.4 Å².